The van der Waals surface area contributed by atoms with Crippen molar-refractivity contribution in [3.8, 4) is 5.75 Å². The first kappa shape index (κ1) is 14.3. The summed E-state index contributed by atoms with van der Waals surface area (Å²) in [7, 11) is 1.63. The molecule has 0 aliphatic heterocycles. The van der Waals surface area contributed by atoms with Crippen molar-refractivity contribution in [2.45, 2.75) is 12.8 Å². The lowest BCUT2D eigenvalue weighted by molar-refractivity contribution is -0.117. The van der Waals surface area contributed by atoms with Crippen molar-refractivity contribution in [2.24, 2.45) is 11.5 Å². The molecule has 5 nitrogen and oxygen atoms in total. The minimum absolute atomic E-state index is 0.296. The zero-order valence-corrected chi connectivity index (χ0v) is 10.8. The fourth-order valence-corrected chi connectivity index (χ4v) is 1.70. The Bertz CT molecular complexity index is 382. The number of benzene rings is 1. The van der Waals surface area contributed by atoms with Crippen LogP contribution >= 0.6 is 0 Å². The second kappa shape index (κ2) is 7.55. The molecule has 0 saturated heterocycles. The quantitative estimate of drug-likeness (QED) is 0.713. The molecule has 0 fully saturated rings. The number of anilines is 1. The molecule has 0 spiro atoms. The van der Waals surface area contributed by atoms with Crippen LogP contribution in [0.4, 0.5) is 5.69 Å². The SMILES string of the molecule is COc1cccc(N(CCCN)CCC(N)=O)c1. The van der Waals surface area contributed by atoms with E-state index in [9.17, 15) is 4.79 Å². The van der Waals surface area contributed by atoms with Gasteiger partial charge in [-0.3, -0.25) is 4.79 Å². The Balaban J connectivity index is 2.75. The van der Waals surface area contributed by atoms with Crippen LogP contribution in [0.5, 0.6) is 5.75 Å². The van der Waals surface area contributed by atoms with Gasteiger partial charge in [-0.2, -0.15) is 0 Å². The Kier molecular flexibility index (Phi) is 6.00. The average Bonchev–Trinajstić information content (AvgIpc) is 2.38. The fourth-order valence-electron chi connectivity index (χ4n) is 1.70. The first-order valence-corrected chi connectivity index (χ1v) is 6.04. The van der Waals surface area contributed by atoms with Crippen LogP contribution < -0.4 is 21.1 Å². The van der Waals surface area contributed by atoms with Crippen molar-refractivity contribution < 1.29 is 9.53 Å². The van der Waals surface area contributed by atoms with Crippen LogP contribution in [0.15, 0.2) is 24.3 Å². The summed E-state index contributed by atoms with van der Waals surface area (Å²) in [6, 6.07) is 7.74. The normalized spacial score (nSPS) is 10.1. The van der Waals surface area contributed by atoms with Crippen LogP contribution in [0.25, 0.3) is 0 Å². The highest BCUT2D eigenvalue weighted by atomic mass is 16.5. The number of hydrogen-bond acceptors (Lipinski definition) is 4. The summed E-state index contributed by atoms with van der Waals surface area (Å²) in [4.78, 5) is 13.0. The minimum Gasteiger partial charge on any atom is -0.497 e. The molecule has 1 aromatic carbocycles. The van der Waals surface area contributed by atoms with E-state index in [0.717, 1.165) is 24.4 Å². The van der Waals surface area contributed by atoms with Crippen LogP contribution in [0.3, 0.4) is 0 Å². The molecule has 4 N–H and O–H groups in total. The second-order valence-electron chi connectivity index (χ2n) is 4.05. The highest BCUT2D eigenvalue weighted by molar-refractivity contribution is 5.74. The molecule has 0 atom stereocenters. The summed E-state index contributed by atoms with van der Waals surface area (Å²) in [5.74, 6) is 0.500. The third kappa shape index (κ3) is 4.63. The molecule has 18 heavy (non-hydrogen) atoms. The molecular weight excluding hydrogens is 230 g/mol. The molecule has 1 amide bonds. The number of hydrogen-bond donors (Lipinski definition) is 2. The van der Waals surface area contributed by atoms with Gasteiger partial charge < -0.3 is 21.1 Å². The molecule has 0 unspecified atom stereocenters. The van der Waals surface area contributed by atoms with E-state index in [1.165, 1.54) is 0 Å². The van der Waals surface area contributed by atoms with Crippen LogP contribution in [0, 0.1) is 0 Å². The van der Waals surface area contributed by atoms with Gasteiger partial charge in [-0.15, -0.1) is 0 Å². The number of nitrogens with two attached hydrogens (primary N) is 2. The maximum Gasteiger partial charge on any atom is 0.219 e. The van der Waals surface area contributed by atoms with E-state index in [0.29, 0.717) is 19.5 Å². The molecule has 0 bridgehead atoms. The van der Waals surface area contributed by atoms with Crippen molar-refractivity contribution in [1.29, 1.82) is 0 Å². The van der Waals surface area contributed by atoms with E-state index in [4.69, 9.17) is 16.2 Å². The largest absolute Gasteiger partial charge is 0.497 e. The van der Waals surface area contributed by atoms with Gasteiger partial charge in [0.1, 0.15) is 5.75 Å². The van der Waals surface area contributed by atoms with Gasteiger partial charge in [0, 0.05) is 31.3 Å². The number of ether oxygens (including phenoxy) is 1. The molecule has 0 aliphatic rings. The number of nitrogens with zero attached hydrogens (tertiary/aromatic N) is 1. The standard InChI is InChI=1S/C13H21N3O2/c1-18-12-5-2-4-11(10-12)16(8-3-7-14)9-6-13(15)17/h2,4-5,10H,3,6-9,14H2,1H3,(H2,15,17). The Morgan fingerprint density at radius 1 is 1.39 bits per heavy atom. The van der Waals surface area contributed by atoms with Gasteiger partial charge >= 0.3 is 0 Å². The molecule has 1 aromatic rings. The van der Waals surface area contributed by atoms with Crippen LogP contribution in [-0.2, 0) is 4.79 Å². The highest BCUT2D eigenvalue weighted by Crippen LogP contribution is 2.21. The number of rotatable bonds is 8. The van der Waals surface area contributed by atoms with E-state index < -0.39 is 0 Å². The first-order chi connectivity index (χ1) is 8.67. The number of carbonyl (C=O) groups is 1. The summed E-state index contributed by atoms with van der Waals surface area (Å²) in [6.45, 7) is 2.02. The maximum absolute atomic E-state index is 10.9. The van der Waals surface area contributed by atoms with Gasteiger partial charge in [0.25, 0.3) is 0 Å². The van der Waals surface area contributed by atoms with Gasteiger partial charge in [-0.25, -0.2) is 0 Å². The summed E-state index contributed by atoms with van der Waals surface area (Å²) < 4.78 is 5.19. The Labute approximate surface area is 108 Å². The predicted molar refractivity (Wildman–Crippen MR) is 72.7 cm³/mol. The fraction of sp³-hybridized carbons (Fsp3) is 0.462. The topological polar surface area (TPSA) is 81.6 Å². The van der Waals surface area contributed by atoms with Gasteiger partial charge in [0.15, 0.2) is 0 Å². The molecule has 0 radical (unpaired) electrons. The van der Waals surface area contributed by atoms with Crippen molar-refractivity contribution in [3.05, 3.63) is 24.3 Å². The maximum atomic E-state index is 10.9. The van der Waals surface area contributed by atoms with Gasteiger partial charge in [-0.05, 0) is 25.1 Å². The zero-order valence-electron chi connectivity index (χ0n) is 10.8. The van der Waals surface area contributed by atoms with Crippen molar-refractivity contribution >= 4 is 11.6 Å². The molecule has 0 aliphatic carbocycles. The Morgan fingerprint density at radius 2 is 2.17 bits per heavy atom. The van der Waals surface area contributed by atoms with Crippen molar-refractivity contribution in [1.82, 2.24) is 0 Å². The Hall–Kier alpha value is -1.75. The highest BCUT2D eigenvalue weighted by Gasteiger charge is 2.08. The molecule has 100 valence electrons. The predicted octanol–water partition coefficient (Wildman–Crippen LogP) is 0.726. The van der Waals surface area contributed by atoms with E-state index in [1.54, 1.807) is 7.11 Å². The van der Waals surface area contributed by atoms with Crippen LogP contribution in [-0.4, -0.2) is 32.7 Å². The summed E-state index contributed by atoms with van der Waals surface area (Å²) >= 11 is 0. The Morgan fingerprint density at radius 3 is 2.78 bits per heavy atom. The van der Waals surface area contributed by atoms with Gasteiger partial charge in [0.05, 0.1) is 7.11 Å². The van der Waals surface area contributed by atoms with Gasteiger partial charge in [0.2, 0.25) is 5.91 Å². The smallest absolute Gasteiger partial charge is 0.219 e. The lowest BCUT2D eigenvalue weighted by Crippen LogP contribution is -2.30. The third-order valence-corrected chi connectivity index (χ3v) is 2.68. The third-order valence-electron chi connectivity index (χ3n) is 2.68. The van der Waals surface area contributed by atoms with Crippen molar-refractivity contribution in [3.63, 3.8) is 0 Å². The summed E-state index contributed by atoms with van der Waals surface area (Å²) in [5.41, 5.74) is 11.7. The lowest BCUT2D eigenvalue weighted by atomic mass is 10.2. The molecule has 1 rings (SSSR count). The van der Waals surface area contributed by atoms with E-state index in [1.807, 2.05) is 24.3 Å². The first-order valence-electron chi connectivity index (χ1n) is 6.04. The van der Waals surface area contributed by atoms with E-state index in [2.05, 4.69) is 4.90 Å². The molecule has 0 heterocycles. The average molecular weight is 251 g/mol. The van der Waals surface area contributed by atoms with Crippen LogP contribution in [0.2, 0.25) is 0 Å². The summed E-state index contributed by atoms with van der Waals surface area (Å²) in [5, 5.41) is 0. The van der Waals surface area contributed by atoms with E-state index in [-0.39, 0.29) is 5.91 Å². The minimum atomic E-state index is -0.296. The number of methoxy groups -OCH3 is 1. The number of carbonyl (C=O) groups excluding carboxylic acids is 1. The molecule has 0 aromatic heterocycles. The number of amides is 1. The monoisotopic (exact) mass is 251 g/mol. The lowest BCUT2D eigenvalue weighted by Gasteiger charge is -2.24. The second-order valence-corrected chi connectivity index (χ2v) is 4.05. The van der Waals surface area contributed by atoms with Crippen LogP contribution in [0.1, 0.15) is 12.8 Å². The summed E-state index contributed by atoms with van der Waals surface area (Å²) in [6.07, 6.45) is 1.21. The molecule has 5 heteroatoms. The van der Waals surface area contributed by atoms with Crippen molar-refractivity contribution in [2.75, 3.05) is 31.6 Å². The number of primary amides is 1. The molecule has 0 saturated carbocycles. The zero-order chi connectivity index (χ0) is 13.4. The van der Waals surface area contributed by atoms with Gasteiger partial charge in [-0.1, -0.05) is 6.07 Å². The molecular formula is C13H21N3O2. The van der Waals surface area contributed by atoms with E-state index >= 15 is 0 Å².